The third kappa shape index (κ3) is 3.53. The van der Waals surface area contributed by atoms with Crippen molar-refractivity contribution in [3.63, 3.8) is 0 Å². The molecule has 1 aliphatic rings. The summed E-state index contributed by atoms with van der Waals surface area (Å²) in [6, 6.07) is 6.99. The molecule has 0 radical (unpaired) electrons. The van der Waals surface area contributed by atoms with E-state index >= 15 is 0 Å². The largest absolute Gasteiger partial charge is 0.481 e. The molecule has 1 aromatic carbocycles. The van der Waals surface area contributed by atoms with Crippen molar-refractivity contribution in [3.05, 3.63) is 29.3 Å². The van der Waals surface area contributed by atoms with Crippen molar-refractivity contribution >= 4 is 23.5 Å². The van der Waals surface area contributed by atoms with Gasteiger partial charge in [-0.1, -0.05) is 37.6 Å². The number of benzene rings is 1. The van der Waals surface area contributed by atoms with Crippen molar-refractivity contribution in [1.29, 1.82) is 0 Å². The number of hydrogen-bond donors (Lipinski definition) is 1. The highest BCUT2D eigenvalue weighted by Gasteiger charge is 2.39. The summed E-state index contributed by atoms with van der Waals surface area (Å²) in [5.74, 6) is -1.15. The van der Waals surface area contributed by atoms with Crippen LogP contribution in [0.2, 0.25) is 5.02 Å². The maximum Gasteiger partial charge on any atom is 0.308 e. The summed E-state index contributed by atoms with van der Waals surface area (Å²) < 4.78 is 5.73. The highest BCUT2D eigenvalue weighted by atomic mass is 35.5. The zero-order chi connectivity index (χ0) is 16.3. The van der Waals surface area contributed by atoms with Gasteiger partial charge in [-0.2, -0.15) is 0 Å². The smallest absolute Gasteiger partial charge is 0.308 e. The third-order valence-corrected chi connectivity index (χ3v) is 4.31. The molecule has 2 rings (SSSR count). The van der Waals surface area contributed by atoms with Gasteiger partial charge in [0.05, 0.1) is 10.9 Å². The number of halogens is 1. The molecule has 22 heavy (non-hydrogen) atoms. The van der Waals surface area contributed by atoms with Crippen molar-refractivity contribution in [2.45, 2.75) is 26.4 Å². The SMILES string of the molecule is CCC(Oc1ccccc1Cl)C(=O)N1C[C@@H](C)[C@H](C(=O)O)C1. The molecule has 1 heterocycles. The van der Waals surface area contributed by atoms with E-state index in [1.165, 1.54) is 0 Å². The highest BCUT2D eigenvalue weighted by molar-refractivity contribution is 6.32. The number of amides is 1. The average Bonchev–Trinajstić information content (AvgIpc) is 2.88. The van der Waals surface area contributed by atoms with Crippen LogP contribution in [0.5, 0.6) is 5.75 Å². The first kappa shape index (κ1) is 16.6. The zero-order valence-electron chi connectivity index (χ0n) is 12.7. The van der Waals surface area contributed by atoms with Gasteiger partial charge in [0.1, 0.15) is 5.75 Å². The lowest BCUT2D eigenvalue weighted by molar-refractivity contribution is -0.142. The summed E-state index contributed by atoms with van der Waals surface area (Å²) in [7, 11) is 0. The summed E-state index contributed by atoms with van der Waals surface area (Å²) in [6.45, 7) is 4.38. The molecule has 1 aliphatic heterocycles. The molecule has 0 saturated carbocycles. The van der Waals surface area contributed by atoms with Crippen LogP contribution in [0, 0.1) is 11.8 Å². The van der Waals surface area contributed by atoms with Crippen molar-refractivity contribution in [3.8, 4) is 5.75 Å². The Kier molecular flexibility index (Phi) is 5.29. The van der Waals surface area contributed by atoms with Gasteiger partial charge >= 0.3 is 5.97 Å². The van der Waals surface area contributed by atoms with Gasteiger partial charge in [0.25, 0.3) is 5.91 Å². The number of nitrogens with zero attached hydrogens (tertiary/aromatic N) is 1. The fourth-order valence-electron chi connectivity index (χ4n) is 2.67. The maximum absolute atomic E-state index is 12.6. The normalized spacial score (nSPS) is 22.4. The minimum Gasteiger partial charge on any atom is -0.481 e. The molecule has 0 aromatic heterocycles. The molecule has 0 spiro atoms. The number of ether oxygens (including phenoxy) is 1. The molecular weight excluding hydrogens is 306 g/mol. The number of aliphatic carboxylic acids is 1. The lowest BCUT2D eigenvalue weighted by atomic mass is 9.99. The van der Waals surface area contributed by atoms with Crippen LogP contribution in [0.1, 0.15) is 20.3 Å². The summed E-state index contributed by atoms with van der Waals surface area (Å²) in [4.78, 5) is 25.3. The number of para-hydroxylation sites is 1. The molecule has 1 saturated heterocycles. The maximum atomic E-state index is 12.6. The van der Waals surface area contributed by atoms with E-state index in [0.29, 0.717) is 23.7 Å². The van der Waals surface area contributed by atoms with Crippen molar-refractivity contribution < 1.29 is 19.4 Å². The van der Waals surface area contributed by atoms with E-state index in [1.807, 2.05) is 13.8 Å². The lowest BCUT2D eigenvalue weighted by Gasteiger charge is -2.23. The Morgan fingerprint density at radius 3 is 2.64 bits per heavy atom. The van der Waals surface area contributed by atoms with E-state index in [1.54, 1.807) is 29.2 Å². The fourth-order valence-corrected chi connectivity index (χ4v) is 2.85. The minimum atomic E-state index is -0.858. The monoisotopic (exact) mass is 325 g/mol. The quantitative estimate of drug-likeness (QED) is 0.903. The molecule has 6 heteroatoms. The van der Waals surface area contributed by atoms with E-state index in [4.69, 9.17) is 21.4 Å². The predicted octanol–water partition coefficient (Wildman–Crippen LogP) is 2.68. The Labute approximate surface area is 134 Å². The molecule has 1 fully saturated rings. The Hall–Kier alpha value is -1.75. The highest BCUT2D eigenvalue weighted by Crippen LogP contribution is 2.27. The van der Waals surface area contributed by atoms with Crippen molar-refractivity contribution in [2.24, 2.45) is 11.8 Å². The van der Waals surface area contributed by atoms with Crippen LogP contribution < -0.4 is 4.74 Å². The van der Waals surface area contributed by atoms with Crippen LogP contribution in [0.25, 0.3) is 0 Å². The van der Waals surface area contributed by atoms with Crippen molar-refractivity contribution in [2.75, 3.05) is 13.1 Å². The van der Waals surface area contributed by atoms with Crippen LogP contribution in [0.4, 0.5) is 0 Å². The second kappa shape index (κ2) is 7.01. The Morgan fingerprint density at radius 1 is 1.41 bits per heavy atom. The van der Waals surface area contributed by atoms with E-state index in [0.717, 1.165) is 0 Å². The molecule has 1 aromatic rings. The summed E-state index contributed by atoms with van der Waals surface area (Å²) in [5, 5.41) is 9.61. The first-order valence-electron chi connectivity index (χ1n) is 7.36. The second-order valence-corrected chi connectivity index (χ2v) is 6.02. The molecule has 0 bridgehead atoms. The summed E-state index contributed by atoms with van der Waals surface area (Å²) in [5.41, 5.74) is 0. The molecule has 120 valence electrons. The molecule has 1 unspecified atom stereocenters. The molecule has 0 aliphatic carbocycles. The van der Waals surface area contributed by atoms with Crippen LogP contribution in [-0.4, -0.2) is 41.1 Å². The second-order valence-electron chi connectivity index (χ2n) is 5.61. The fraction of sp³-hybridized carbons (Fsp3) is 0.500. The Balaban J connectivity index is 2.07. The van der Waals surface area contributed by atoms with Gasteiger partial charge in [0, 0.05) is 13.1 Å². The number of carboxylic acid groups (broad SMARTS) is 1. The molecule has 5 nitrogen and oxygen atoms in total. The zero-order valence-corrected chi connectivity index (χ0v) is 13.4. The van der Waals surface area contributed by atoms with Crippen molar-refractivity contribution in [1.82, 2.24) is 4.90 Å². The van der Waals surface area contributed by atoms with Crippen LogP contribution in [0.3, 0.4) is 0 Å². The molecular formula is C16H20ClNO4. The van der Waals surface area contributed by atoms with Gasteiger partial charge in [-0.15, -0.1) is 0 Å². The number of carbonyl (C=O) groups excluding carboxylic acids is 1. The number of carbonyl (C=O) groups is 2. The lowest BCUT2D eigenvalue weighted by Crippen LogP contribution is -2.41. The number of hydrogen-bond acceptors (Lipinski definition) is 3. The van der Waals surface area contributed by atoms with Crippen LogP contribution >= 0.6 is 11.6 Å². The van der Waals surface area contributed by atoms with Gasteiger partial charge in [0.2, 0.25) is 0 Å². The van der Waals surface area contributed by atoms with Gasteiger partial charge < -0.3 is 14.7 Å². The van der Waals surface area contributed by atoms with E-state index in [9.17, 15) is 9.59 Å². The molecule has 1 N–H and O–H groups in total. The van der Waals surface area contributed by atoms with Gasteiger partial charge in [-0.3, -0.25) is 9.59 Å². The summed E-state index contributed by atoms with van der Waals surface area (Å²) in [6.07, 6.45) is -0.160. The van der Waals surface area contributed by atoms with E-state index in [2.05, 4.69) is 0 Å². The first-order chi connectivity index (χ1) is 10.4. The first-order valence-corrected chi connectivity index (χ1v) is 7.74. The molecule has 1 amide bonds. The van der Waals surface area contributed by atoms with E-state index < -0.39 is 18.0 Å². The number of rotatable bonds is 5. The number of likely N-dealkylation sites (tertiary alicyclic amines) is 1. The van der Waals surface area contributed by atoms with E-state index in [-0.39, 0.29) is 18.4 Å². The molecule has 3 atom stereocenters. The Morgan fingerprint density at radius 2 is 2.09 bits per heavy atom. The third-order valence-electron chi connectivity index (χ3n) is 3.99. The van der Waals surface area contributed by atoms with Gasteiger partial charge in [-0.05, 0) is 24.5 Å². The van der Waals surface area contributed by atoms with Gasteiger partial charge in [0.15, 0.2) is 6.10 Å². The average molecular weight is 326 g/mol. The van der Waals surface area contributed by atoms with Crippen LogP contribution in [0.15, 0.2) is 24.3 Å². The summed E-state index contributed by atoms with van der Waals surface area (Å²) >= 11 is 6.05. The number of carboxylic acids is 1. The minimum absolute atomic E-state index is 0.0562. The predicted molar refractivity (Wildman–Crippen MR) is 83.0 cm³/mol. The standard InChI is InChI=1S/C16H20ClNO4/c1-3-13(22-14-7-5-4-6-12(14)17)15(19)18-8-10(2)11(9-18)16(20)21/h4-7,10-11,13H,3,8-9H2,1-2H3,(H,20,21)/t10-,11-,13?/m1/s1. The Bertz CT molecular complexity index is 563. The topological polar surface area (TPSA) is 66.8 Å². The van der Waals surface area contributed by atoms with Gasteiger partial charge in [-0.25, -0.2) is 0 Å². The van der Waals surface area contributed by atoms with Crippen LogP contribution in [-0.2, 0) is 9.59 Å².